The molecular formula is C28H26BF. The molecule has 4 rings (SSSR count). The number of hydrogen-bond donors (Lipinski definition) is 0. The van der Waals surface area contributed by atoms with E-state index < -0.39 is 0 Å². The minimum Gasteiger partial charge on any atom is -0.207 e. The molecule has 0 amide bonds. The van der Waals surface area contributed by atoms with Crippen molar-refractivity contribution in [1.29, 1.82) is 0 Å². The molecule has 2 heteroatoms. The number of halogens is 1. The molecular weight excluding hydrogens is 366 g/mol. The van der Waals surface area contributed by atoms with Crippen LogP contribution in [0.5, 0.6) is 0 Å². The van der Waals surface area contributed by atoms with E-state index in [1.54, 1.807) is 13.0 Å². The third-order valence-corrected chi connectivity index (χ3v) is 5.97. The average Bonchev–Trinajstić information content (AvgIpc) is 2.73. The fourth-order valence-electron chi connectivity index (χ4n) is 4.01. The normalized spacial score (nSPS) is 11.0. The van der Waals surface area contributed by atoms with Crippen LogP contribution in [-0.2, 0) is 0 Å². The average molecular weight is 392 g/mol. The first-order valence-electron chi connectivity index (χ1n) is 10.4. The summed E-state index contributed by atoms with van der Waals surface area (Å²) in [6.45, 7) is 8.18. The second-order valence-corrected chi connectivity index (χ2v) is 8.34. The molecule has 0 aliphatic rings. The van der Waals surface area contributed by atoms with Gasteiger partial charge in [0.2, 0.25) is 0 Å². The van der Waals surface area contributed by atoms with Crippen LogP contribution in [0.15, 0.2) is 72.8 Å². The van der Waals surface area contributed by atoms with Gasteiger partial charge in [-0.1, -0.05) is 60.1 Å². The van der Waals surface area contributed by atoms with E-state index in [1.165, 1.54) is 33.3 Å². The fourth-order valence-corrected chi connectivity index (χ4v) is 4.01. The van der Waals surface area contributed by atoms with Gasteiger partial charge in [0.05, 0.1) is 0 Å². The third kappa shape index (κ3) is 3.83. The number of aryl methyl sites for hydroxylation is 4. The predicted octanol–water partition coefficient (Wildman–Crippen LogP) is 6.32. The second-order valence-electron chi connectivity index (χ2n) is 8.34. The van der Waals surface area contributed by atoms with E-state index in [-0.39, 0.29) is 5.82 Å². The lowest BCUT2D eigenvalue weighted by Gasteiger charge is -2.15. The summed E-state index contributed by atoms with van der Waals surface area (Å²) in [6, 6.07) is 25.2. The van der Waals surface area contributed by atoms with Gasteiger partial charge in [-0.2, -0.15) is 0 Å². The maximum Gasteiger partial charge on any atom is 0.139 e. The van der Waals surface area contributed by atoms with E-state index in [0.29, 0.717) is 5.56 Å². The standard InChI is InChI=1S/C28H26BF/c1-17-6-10-22(27-16-24(29)12-8-19(27)3)14-25(17)21-9-5-18(2)26(13-21)23-11-7-20(4)28(30)15-23/h5-16H,29H2,1-4H3. The Kier molecular flexibility index (Phi) is 5.34. The zero-order valence-electron chi connectivity index (χ0n) is 18.3. The van der Waals surface area contributed by atoms with Crippen LogP contribution in [0.25, 0.3) is 33.4 Å². The molecule has 0 saturated carbocycles. The SMILES string of the molecule is Bc1ccc(C)c(-c2ccc(C)c(-c3ccc(C)c(-c4ccc(C)c(F)c4)c3)c2)c1. The summed E-state index contributed by atoms with van der Waals surface area (Å²) in [6.07, 6.45) is 0. The van der Waals surface area contributed by atoms with Gasteiger partial charge in [-0.3, -0.25) is 0 Å². The van der Waals surface area contributed by atoms with Crippen LogP contribution in [0.1, 0.15) is 22.3 Å². The lowest BCUT2D eigenvalue weighted by atomic mass is 9.87. The molecule has 0 spiro atoms. The molecule has 0 bridgehead atoms. The lowest BCUT2D eigenvalue weighted by Crippen LogP contribution is -2.02. The highest BCUT2D eigenvalue weighted by molar-refractivity contribution is 6.32. The first-order valence-corrected chi connectivity index (χ1v) is 10.4. The van der Waals surface area contributed by atoms with E-state index in [2.05, 4.69) is 83.2 Å². The van der Waals surface area contributed by atoms with E-state index in [9.17, 15) is 4.39 Å². The van der Waals surface area contributed by atoms with Crippen molar-refractivity contribution in [2.75, 3.05) is 0 Å². The van der Waals surface area contributed by atoms with Crippen molar-refractivity contribution in [3.8, 4) is 33.4 Å². The quantitative estimate of drug-likeness (QED) is 0.358. The summed E-state index contributed by atoms with van der Waals surface area (Å²) < 4.78 is 14.2. The van der Waals surface area contributed by atoms with Gasteiger partial charge in [-0.25, -0.2) is 4.39 Å². The summed E-state index contributed by atoms with van der Waals surface area (Å²) in [5.41, 5.74) is 12.4. The van der Waals surface area contributed by atoms with E-state index in [1.807, 2.05) is 12.1 Å². The number of rotatable bonds is 3. The zero-order valence-corrected chi connectivity index (χ0v) is 18.3. The van der Waals surface area contributed by atoms with Crippen LogP contribution < -0.4 is 5.46 Å². The van der Waals surface area contributed by atoms with E-state index in [4.69, 9.17) is 0 Å². The van der Waals surface area contributed by atoms with Crippen molar-refractivity contribution in [3.63, 3.8) is 0 Å². The highest BCUT2D eigenvalue weighted by Gasteiger charge is 2.11. The first-order chi connectivity index (χ1) is 14.3. The van der Waals surface area contributed by atoms with Crippen LogP contribution in [0.2, 0.25) is 0 Å². The fraction of sp³-hybridized carbons (Fsp3) is 0.143. The monoisotopic (exact) mass is 392 g/mol. The molecule has 0 heterocycles. The third-order valence-electron chi connectivity index (χ3n) is 5.97. The largest absolute Gasteiger partial charge is 0.207 e. The minimum absolute atomic E-state index is 0.162. The molecule has 0 aliphatic heterocycles. The van der Waals surface area contributed by atoms with Crippen molar-refractivity contribution in [2.24, 2.45) is 0 Å². The van der Waals surface area contributed by atoms with Crippen molar-refractivity contribution >= 4 is 13.3 Å². The topological polar surface area (TPSA) is 0 Å². The Morgan fingerprint density at radius 2 is 0.900 bits per heavy atom. The van der Waals surface area contributed by atoms with Gasteiger partial charge in [0.1, 0.15) is 13.7 Å². The second kappa shape index (κ2) is 7.95. The molecule has 0 aliphatic carbocycles. The smallest absolute Gasteiger partial charge is 0.139 e. The summed E-state index contributed by atoms with van der Waals surface area (Å²) in [5, 5.41) is 0. The van der Waals surface area contributed by atoms with Crippen LogP contribution in [-0.4, -0.2) is 7.85 Å². The highest BCUT2D eigenvalue weighted by atomic mass is 19.1. The Balaban J connectivity index is 1.85. The van der Waals surface area contributed by atoms with Crippen molar-refractivity contribution in [3.05, 3.63) is 101 Å². The minimum atomic E-state index is -0.162. The Hall–Kier alpha value is -3.13. The maximum atomic E-state index is 14.2. The van der Waals surface area contributed by atoms with Gasteiger partial charge in [0, 0.05) is 0 Å². The van der Waals surface area contributed by atoms with Gasteiger partial charge in [0.25, 0.3) is 0 Å². The zero-order chi connectivity index (χ0) is 21.4. The molecule has 0 atom stereocenters. The Morgan fingerprint density at radius 3 is 1.40 bits per heavy atom. The number of hydrogen-bond acceptors (Lipinski definition) is 0. The Labute approximate surface area is 179 Å². The Bertz CT molecular complexity index is 1250. The van der Waals surface area contributed by atoms with E-state index >= 15 is 0 Å². The molecule has 30 heavy (non-hydrogen) atoms. The van der Waals surface area contributed by atoms with Gasteiger partial charge in [-0.15, -0.1) is 0 Å². The molecule has 0 unspecified atom stereocenters. The van der Waals surface area contributed by atoms with Gasteiger partial charge >= 0.3 is 0 Å². The van der Waals surface area contributed by atoms with Crippen molar-refractivity contribution in [1.82, 2.24) is 0 Å². The summed E-state index contributed by atoms with van der Waals surface area (Å²) >= 11 is 0. The van der Waals surface area contributed by atoms with Crippen LogP contribution in [0.3, 0.4) is 0 Å². The Morgan fingerprint density at radius 1 is 0.500 bits per heavy atom. The van der Waals surface area contributed by atoms with Crippen LogP contribution >= 0.6 is 0 Å². The highest BCUT2D eigenvalue weighted by Crippen LogP contribution is 2.34. The molecule has 0 nitrogen and oxygen atoms in total. The van der Waals surface area contributed by atoms with Crippen molar-refractivity contribution < 1.29 is 4.39 Å². The molecule has 0 fully saturated rings. The molecule has 0 saturated heterocycles. The van der Waals surface area contributed by atoms with Crippen molar-refractivity contribution in [2.45, 2.75) is 27.7 Å². The van der Waals surface area contributed by atoms with Crippen LogP contribution in [0.4, 0.5) is 4.39 Å². The molecule has 0 N–H and O–H groups in total. The summed E-state index contributed by atoms with van der Waals surface area (Å²) in [4.78, 5) is 0. The summed E-state index contributed by atoms with van der Waals surface area (Å²) in [7, 11) is 2.13. The molecule has 148 valence electrons. The molecule has 4 aromatic rings. The van der Waals surface area contributed by atoms with Crippen LogP contribution in [0, 0.1) is 33.5 Å². The molecule has 0 radical (unpaired) electrons. The maximum absolute atomic E-state index is 14.2. The summed E-state index contributed by atoms with van der Waals surface area (Å²) in [5.74, 6) is -0.162. The lowest BCUT2D eigenvalue weighted by molar-refractivity contribution is 0.619. The predicted molar refractivity (Wildman–Crippen MR) is 130 cm³/mol. The number of benzene rings is 4. The first kappa shape index (κ1) is 20.2. The molecule has 4 aromatic carbocycles. The molecule has 0 aromatic heterocycles. The van der Waals surface area contributed by atoms with Gasteiger partial charge in [-0.05, 0) is 102 Å². The van der Waals surface area contributed by atoms with Gasteiger partial charge < -0.3 is 0 Å². The van der Waals surface area contributed by atoms with E-state index in [0.717, 1.165) is 22.3 Å². The van der Waals surface area contributed by atoms with Gasteiger partial charge in [0.15, 0.2) is 0 Å².